The summed E-state index contributed by atoms with van der Waals surface area (Å²) >= 11 is 0. The standard InChI is InChI=1S/C47H62N8O16/c1-24(10-6-4-5-7-11-25-14-16-27(71-3)17-15-25)38(61)39(62)37-40(63)44(66)53-42-41(64)45(67)54-47(42,70)20-35(60)55(2)23-34(59)50-31(19-29-28-12-8-9-13-30(28)51-36(29)46(68)69)43(65)49-22-33(58)48-21-26(56)18-32(57)52-37/h7-9,11-17,24,26,31,37-42,51,56,61-64,70H,4-6,10,18-23H2,1-3H3,(H,48,58)(H,49,65)(H,50,59)(H,52,57)(H,53,66)(H,54,67)(H,68,69)/b11-7+/t24?,26-,31-,37-,38+,39+,40+,41-,42+,47+/m1/s1. The lowest BCUT2D eigenvalue weighted by molar-refractivity contribution is -0.146. The number of carboxylic acids is 1. The van der Waals surface area contributed by atoms with Crippen LogP contribution in [0.2, 0.25) is 0 Å². The minimum atomic E-state index is -2.78. The van der Waals surface area contributed by atoms with Crippen LogP contribution in [0.25, 0.3) is 17.0 Å². The summed E-state index contributed by atoms with van der Waals surface area (Å²) in [7, 11) is 2.68. The zero-order valence-electron chi connectivity index (χ0n) is 39.3. The number of rotatable bonds is 13. The van der Waals surface area contributed by atoms with Gasteiger partial charge in [0.15, 0.2) is 17.9 Å². The van der Waals surface area contributed by atoms with E-state index >= 15 is 0 Å². The van der Waals surface area contributed by atoms with Crippen LogP contribution < -0.4 is 36.6 Å². The Balaban J connectivity index is 1.34. The number of aromatic amines is 1. The molecule has 2 aromatic carbocycles. The molecule has 386 valence electrons. The van der Waals surface area contributed by atoms with E-state index in [-0.39, 0.29) is 11.3 Å². The molecule has 2 aliphatic heterocycles. The molecule has 7 amide bonds. The molecule has 2 aliphatic rings. The average Bonchev–Trinajstić information content (AvgIpc) is 3.80. The number of hydrogen-bond donors (Lipinski definition) is 14. The van der Waals surface area contributed by atoms with Crippen LogP contribution in [0.1, 0.15) is 67.1 Å². The van der Waals surface area contributed by atoms with Crippen molar-refractivity contribution in [1.82, 2.24) is 41.8 Å². The molecule has 0 bridgehead atoms. The number of aromatic carboxylic acids is 1. The maximum atomic E-state index is 13.8. The van der Waals surface area contributed by atoms with Crippen molar-refractivity contribution in [2.75, 3.05) is 33.8 Å². The second-order valence-electron chi connectivity index (χ2n) is 17.8. The lowest BCUT2D eigenvalue weighted by Gasteiger charge is -2.35. The number of β-amino-alcohol motifs (C(OH)–C–C–N with tert-alkyl or cyclic N) is 1. The summed E-state index contributed by atoms with van der Waals surface area (Å²) in [5, 5.41) is 91.1. The number of fused-ring (bicyclic) bond motifs is 2. The third kappa shape index (κ3) is 14.6. The third-order valence-corrected chi connectivity index (χ3v) is 12.4. The van der Waals surface area contributed by atoms with Gasteiger partial charge in [-0.1, -0.05) is 55.8 Å². The van der Waals surface area contributed by atoms with Crippen LogP contribution in [-0.4, -0.2) is 181 Å². The number of aromatic nitrogens is 1. The molecule has 10 atom stereocenters. The first-order chi connectivity index (χ1) is 33.6. The summed E-state index contributed by atoms with van der Waals surface area (Å²) < 4.78 is 5.17. The highest BCUT2D eigenvalue weighted by Gasteiger charge is 2.55. The second kappa shape index (κ2) is 24.7. The van der Waals surface area contributed by atoms with Gasteiger partial charge in [0.1, 0.15) is 29.6 Å². The molecule has 24 heteroatoms. The second-order valence-corrected chi connectivity index (χ2v) is 17.8. The Hall–Kier alpha value is -6.96. The van der Waals surface area contributed by atoms with Gasteiger partial charge in [0.05, 0.1) is 51.3 Å². The number of unbranched alkanes of at least 4 members (excludes halogenated alkanes) is 2. The zero-order chi connectivity index (χ0) is 52.2. The smallest absolute Gasteiger partial charge is 0.352 e. The number of allylic oxidation sites excluding steroid dienone is 1. The fourth-order valence-corrected chi connectivity index (χ4v) is 8.30. The van der Waals surface area contributed by atoms with E-state index in [1.54, 1.807) is 38.3 Å². The number of likely N-dealkylation sites (N-methyl/N-ethyl adjacent to an activating group) is 1. The van der Waals surface area contributed by atoms with Gasteiger partial charge >= 0.3 is 5.97 Å². The highest BCUT2D eigenvalue weighted by molar-refractivity contribution is 5.99. The van der Waals surface area contributed by atoms with Crippen molar-refractivity contribution >= 4 is 64.3 Å². The van der Waals surface area contributed by atoms with Crippen LogP contribution >= 0.6 is 0 Å². The molecule has 71 heavy (non-hydrogen) atoms. The van der Waals surface area contributed by atoms with Crippen molar-refractivity contribution in [3.05, 3.63) is 71.4 Å². The Labute approximate surface area is 407 Å². The molecule has 1 aromatic heterocycles. The fraction of sp³-hybridized carbons (Fsp3) is 0.489. The molecule has 0 aliphatic carbocycles. The Bertz CT molecular complexity index is 2450. The van der Waals surface area contributed by atoms with Crippen LogP contribution in [0.3, 0.4) is 0 Å². The van der Waals surface area contributed by atoms with E-state index in [1.807, 2.05) is 41.7 Å². The number of ether oxygens (including phenoxy) is 1. The number of methoxy groups -OCH3 is 1. The quantitative estimate of drug-likeness (QED) is 0.0754. The van der Waals surface area contributed by atoms with E-state index in [0.717, 1.165) is 23.3 Å². The monoisotopic (exact) mass is 994 g/mol. The number of nitrogens with zero attached hydrogens (tertiary/aromatic N) is 1. The molecule has 1 unspecified atom stereocenters. The number of amides is 7. The van der Waals surface area contributed by atoms with Crippen LogP contribution in [0, 0.1) is 5.92 Å². The number of carboxylic acid groups (broad SMARTS) is 1. The van der Waals surface area contributed by atoms with E-state index in [9.17, 15) is 74.1 Å². The first-order valence-electron chi connectivity index (χ1n) is 22.9. The number of aliphatic hydroxyl groups excluding tert-OH is 5. The van der Waals surface area contributed by atoms with Crippen molar-refractivity contribution in [3.8, 4) is 5.75 Å². The number of para-hydroxylation sites is 1. The van der Waals surface area contributed by atoms with Gasteiger partial charge in [-0.15, -0.1) is 0 Å². The Morgan fingerprint density at radius 3 is 2.27 bits per heavy atom. The Kier molecular flexibility index (Phi) is 19.2. The van der Waals surface area contributed by atoms with E-state index in [2.05, 4.69) is 31.6 Å². The molecule has 0 radical (unpaired) electrons. The predicted octanol–water partition coefficient (Wildman–Crippen LogP) is -3.11. The summed E-state index contributed by atoms with van der Waals surface area (Å²) in [6.45, 7) is -0.564. The van der Waals surface area contributed by atoms with Crippen molar-refractivity contribution in [1.29, 1.82) is 0 Å². The van der Waals surface area contributed by atoms with Crippen molar-refractivity contribution in [3.63, 3.8) is 0 Å². The topological polar surface area (TPSA) is 379 Å². The van der Waals surface area contributed by atoms with Crippen LogP contribution in [-0.2, 0) is 40.0 Å². The number of H-pyrrole nitrogens is 1. The molecule has 14 N–H and O–H groups in total. The van der Waals surface area contributed by atoms with Gasteiger partial charge in [-0.05, 0) is 54.5 Å². The van der Waals surface area contributed by atoms with Crippen molar-refractivity contribution in [2.24, 2.45) is 5.92 Å². The number of hydrogen-bond acceptors (Lipinski definition) is 15. The zero-order valence-corrected chi connectivity index (χ0v) is 39.3. The largest absolute Gasteiger partial charge is 0.497 e. The van der Waals surface area contributed by atoms with Gasteiger partial charge in [-0.2, -0.15) is 0 Å². The average molecular weight is 995 g/mol. The van der Waals surface area contributed by atoms with Gasteiger partial charge in [0.25, 0.3) is 11.8 Å². The summed E-state index contributed by atoms with van der Waals surface area (Å²) in [6.07, 6.45) is -6.36. The number of benzene rings is 2. The van der Waals surface area contributed by atoms with Gasteiger partial charge in [0.2, 0.25) is 29.5 Å². The first-order valence-corrected chi connectivity index (χ1v) is 22.9. The molecular formula is C47H62N8O16. The normalized spacial score (nSPS) is 26.0. The molecule has 3 heterocycles. The molecule has 2 saturated heterocycles. The SMILES string of the molecule is COc1ccc(/C=C/CCCCC(C)[C@H](O)[C@@H](O)[C@H]2NC(=O)C[C@@H](O)CNC(=O)CNC(=O)[C@@H](Cc3c(C(=O)O)[nH]c4ccccc34)NC(=O)CN(C)C(=O)C[C@@]3(O)NC(=O)[C@H](O)[C@@H]3NC(=O)[C@H]2O)cc1. The van der Waals surface area contributed by atoms with Crippen molar-refractivity contribution < 1.29 is 78.8 Å². The highest BCUT2D eigenvalue weighted by atomic mass is 16.5. The summed E-state index contributed by atoms with van der Waals surface area (Å²) in [5.74, 6) is -9.14. The van der Waals surface area contributed by atoms with Crippen LogP contribution in [0.15, 0.2) is 54.6 Å². The minimum Gasteiger partial charge on any atom is -0.497 e. The van der Waals surface area contributed by atoms with E-state index in [0.29, 0.717) is 36.6 Å². The molecule has 0 spiro atoms. The van der Waals surface area contributed by atoms with E-state index < -0.39 is 147 Å². The number of aliphatic hydroxyl groups is 6. The summed E-state index contributed by atoms with van der Waals surface area (Å²) in [4.78, 5) is 109. The van der Waals surface area contributed by atoms with Gasteiger partial charge in [0, 0.05) is 30.9 Å². The van der Waals surface area contributed by atoms with Gasteiger partial charge in [-0.3, -0.25) is 33.6 Å². The molecule has 0 saturated carbocycles. The first kappa shape index (κ1) is 55.0. The number of carbonyl (C=O) groups excluding carboxylic acids is 7. The predicted molar refractivity (Wildman–Crippen MR) is 250 cm³/mol. The Morgan fingerprint density at radius 1 is 0.873 bits per heavy atom. The molecule has 5 rings (SSSR count). The third-order valence-electron chi connectivity index (χ3n) is 12.4. The maximum absolute atomic E-state index is 13.8. The van der Waals surface area contributed by atoms with Gasteiger partial charge < -0.3 is 82.3 Å². The van der Waals surface area contributed by atoms with E-state index in [1.165, 1.54) is 0 Å². The number of carbonyl (C=O) groups is 8. The lowest BCUT2D eigenvalue weighted by Crippen LogP contribution is -2.64. The van der Waals surface area contributed by atoms with Crippen LogP contribution in [0.4, 0.5) is 0 Å². The minimum absolute atomic E-state index is 0.108. The van der Waals surface area contributed by atoms with Gasteiger partial charge in [-0.25, -0.2) is 4.79 Å². The highest BCUT2D eigenvalue weighted by Crippen LogP contribution is 2.27. The van der Waals surface area contributed by atoms with Crippen molar-refractivity contribution in [2.45, 2.75) is 106 Å². The summed E-state index contributed by atoms with van der Waals surface area (Å²) in [5.41, 5.74) is -1.61. The summed E-state index contributed by atoms with van der Waals surface area (Å²) in [6, 6.07) is 8.16. The molecule has 2 fully saturated rings. The molecule has 24 nitrogen and oxygen atoms in total. The fourth-order valence-electron chi connectivity index (χ4n) is 8.30. The van der Waals surface area contributed by atoms with E-state index in [4.69, 9.17) is 4.74 Å². The lowest BCUT2D eigenvalue weighted by atomic mass is 9.88. The maximum Gasteiger partial charge on any atom is 0.352 e. The number of nitrogens with one attached hydrogen (secondary N) is 7. The Morgan fingerprint density at radius 2 is 1.58 bits per heavy atom. The molecular weight excluding hydrogens is 933 g/mol. The van der Waals surface area contributed by atoms with Crippen LogP contribution in [0.5, 0.6) is 5.75 Å². The molecule has 3 aromatic rings.